The number of halogens is 6. The molecule has 45 heavy (non-hydrogen) atoms. The first-order chi connectivity index (χ1) is 21.1. The molecule has 3 N–H and O–H groups in total. The average Bonchev–Trinajstić information content (AvgIpc) is 3.44. The lowest BCUT2D eigenvalue weighted by Crippen LogP contribution is -2.55. The van der Waals surface area contributed by atoms with Crippen molar-refractivity contribution in [1.29, 1.82) is 0 Å². The van der Waals surface area contributed by atoms with Crippen LogP contribution in [-0.2, 0) is 15.7 Å². The average molecular weight is 664 g/mol. The Hall–Kier alpha value is -2.69. The van der Waals surface area contributed by atoms with Crippen LogP contribution in [0.25, 0.3) is 11.3 Å². The fraction of sp³-hybridized carbons (Fsp3) is 0.533. The summed E-state index contributed by atoms with van der Waals surface area (Å²) in [7, 11) is -0.483. The zero-order valence-corrected chi connectivity index (χ0v) is 25.6. The first kappa shape index (κ1) is 33.7. The summed E-state index contributed by atoms with van der Waals surface area (Å²) >= 11 is 0. The van der Waals surface area contributed by atoms with E-state index in [-0.39, 0.29) is 42.0 Å². The van der Waals surface area contributed by atoms with E-state index in [1.807, 2.05) is 0 Å². The Morgan fingerprint density at radius 2 is 1.82 bits per heavy atom. The summed E-state index contributed by atoms with van der Waals surface area (Å²) in [4.78, 5) is 0. The quantitative estimate of drug-likeness (QED) is 0.164. The van der Waals surface area contributed by atoms with Crippen LogP contribution in [0.1, 0.15) is 49.1 Å². The van der Waals surface area contributed by atoms with E-state index in [0.29, 0.717) is 0 Å². The van der Waals surface area contributed by atoms with Gasteiger partial charge in [0, 0.05) is 41.8 Å². The maximum Gasteiger partial charge on any atom is 0.416 e. The minimum atomic E-state index is -4.75. The number of ether oxygens (including phenoxy) is 2. The molecule has 2 aliphatic heterocycles. The Morgan fingerprint density at radius 1 is 1.16 bits per heavy atom. The molecule has 0 saturated carbocycles. The first-order valence-electron chi connectivity index (χ1n) is 14.3. The van der Waals surface area contributed by atoms with Crippen molar-refractivity contribution in [2.75, 3.05) is 26.1 Å². The number of benzene rings is 2. The van der Waals surface area contributed by atoms with Gasteiger partial charge in [0.1, 0.15) is 11.7 Å². The molecule has 0 amide bonds. The van der Waals surface area contributed by atoms with Gasteiger partial charge in [0.15, 0.2) is 17.5 Å². The number of aliphatic hydroxyl groups is 3. The summed E-state index contributed by atoms with van der Waals surface area (Å²) in [6.45, 7) is 2.94. The lowest BCUT2D eigenvalue weighted by atomic mass is 9.79. The summed E-state index contributed by atoms with van der Waals surface area (Å²) in [6, 6.07) is 5.47. The molecule has 1 unspecified atom stereocenters. The maximum atomic E-state index is 14.4. The van der Waals surface area contributed by atoms with Crippen molar-refractivity contribution in [3.63, 3.8) is 0 Å². The van der Waals surface area contributed by atoms with E-state index < -0.39 is 86.6 Å². The number of alkyl halides is 3. The smallest absolute Gasteiger partial charge is 0.395 e. The van der Waals surface area contributed by atoms with E-state index in [1.54, 1.807) is 13.8 Å². The number of methoxy groups -OCH3 is 1. The highest BCUT2D eigenvalue weighted by molar-refractivity contribution is 8.18. The molecule has 3 heterocycles. The Morgan fingerprint density at radius 3 is 2.42 bits per heavy atom. The number of hydrogen-bond acceptors (Lipinski definition) is 7. The first-order valence-corrected chi connectivity index (χ1v) is 15.9. The lowest BCUT2D eigenvalue weighted by molar-refractivity contribution is -0.148. The molecule has 8 nitrogen and oxygen atoms in total. The number of nitrogens with zero attached hydrogens (tertiary/aromatic N) is 3. The van der Waals surface area contributed by atoms with Gasteiger partial charge < -0.3 is 24.8 Å². The van der Waals surface area contributed by atoms with E-state index in [9.17, 15) is 41.7 Å². The molecule has 7 atom stereocenters. The van der Waals surface area contributed by atoms with E-state index in [0.717, 1.165) is 18.2 Å². The Balaban J connectivity index is 1.58. The highest BCUT2D eigenvalue weighted by Gasteiger charge is 2.55. The monoisotopic (exact) mass is 663 g/mol. The summed E-state index contributed by atoms with van der Waals surface area (Å²) < 4.78 is 97.3. The van der Waals surface area contributed by atoms with Gasteiger partial charge in [0.25, 0.3) is 0 Å². The van der Waals surface area contributed by atoms with Gasteiger partial charge >= 0.3 is 6.18 Å². The molecule has 0 radical (unpaired) electrons. The second kappa shape index (κ2) is 12.5. The summed E-state index contributed by atoms with van der Waals surface area (Å²) in [5.74, 6) is -4.47. The molecular formula is C30H35F6N3O5S. The van der Waals surface area contributed by atoms with Gasteiger partial charge in [-0.05, 0) is 37.6 Å². The van der Waals surface area contributed by atoms with E-state index in [4.69, 9.17) is 9.47 Å². The zero-order chi connectivity index (χ0) is 32.9. The molecule has 2 aliphatic rings. The summed E-state index contributed by atoms with van der Waals surface area (Å²) in [6.07, 6.45) is -5.78. The fourth-order valence-electron chi connectivity index (χ4n) is 6.79. The van der Waals surface area contributed by atoms with Gasteiger partial charge in [0.05, 0.1) is 48.4 Å². The third kappa shape index (κ3) is 6.47. The van der Waals surface area contributed by atoms with Crippen molar-refractivity contribution >= 4 is 10.9 Å². The van der Waals surface area contributed by atoms with Crippen LogP contribution in [0.2, 0.25) is 0 Å². The van der Waals surface area contributed by atoms with Crippen LogP contribution in [0, 0.1) is 17.5 Å². The second-order valence-electron chi connectivity index (χ2n) is 12.2. The minimum Gasteiger partial charge on any atom is -0.395 e. The van der Waals surface area contributed by atoms with Crippen LogP contribution in [0.4, 0.5) is 26.3 Å². The molecule has 15 heteroatoms. The SMILES string of the molecule is CO[C@H]1C[SH]([C@H](c2ccccc2C(F)(F)F)[C@@]2(O)CCOC(C)(C)C2)[C@H](CO)[C@H](O)[C@@H]1n1cc(-c2cc(F)c(F)c(F)c2)nn1. The van der Waals surface area contributed by atoms with Crippen LogP contribution in [-0.4, -0.2) is 85.0 Å². The van der Waals surface area contributed by atoms with E-state index >= 15 is 0 Å². The van der Waals surface area contributed by atoms with Gasteiger partial charge in [-0.25, -0.2) is 28.7 Å². The number of aromatic nitrogens is 3. The van der Waals surface area contributed by atoms with Gasteiger partial charge in [-0.1, -0.05) is 23.4 Å². The summed E-state index contributed by atoms with van der Waals surface area (Å²) in [5, 5.41) is 40.4. The Labute approximate surface area is 258 Å². The normalized spacial score (nSPS) is 30.3. The highest BCUT2D eigenvalue weighted by Crippen LogP contribution is 2.61. The van der Waals surface area contributed by atoms with Crippen LogP contribution in [0.3, 0.4) is 0 Å². The Bertz CT molecular complexity index is 1500. The molecule has 2 saturated heterocycles. The molecule has 1 aromatic heterocycles. The topological polar surface area (TPSA) is 110 Å². The van der Waals surface area contributed by atoms with E-state index in [2.05, 4.69) is 10.3 Å². The van der Waals surface area contributed by atoms with Crippen molar-refractivity contribution in [3.8, 4) is 11.3 Å². The van der Waals surface area contributed by atoms with Crippen molar-refractivity contribution in [2.45, 2.75) is 72.8 Å². The zero-order valence-electron chi connectivity index (χ0n) is 24.7. The third-order valence-corrected chi connectivity index (χ3v) is 12.2. The number of rotatable bonds is 7. The third-order valence-electron chi connectivity index (χ3n) is 8.69. The molecule has 5 rings (SSSR count). The number of thiol groups is 1. The number of hydrogen-bond donors (Lipinski definition) is 4. The van der Waals surface area contributed by atoms with Gasteiger partial charge in [-0.3, -0.25) is 0 Å². The highest BCUT2D eigenvalue weighted by atomic mass is 32.2. The predicted molar refractivity (Wildman–Crippen MR) is 154 cm³/mol. The van der Waals surface area contributed by atoms with Gasteiger partial charge in [0.2, 0.25) is 0 Å². The lowest BCUT2D eigenvalue weighted by Gasteiger charge is -2.55. The van der Waals surface area contributed by atoms with E-state index in [1.165, 1.54) is 36.2 Å². The molecule has 248 valence electrons. The van der Waals surface area contributed by atoms with Crippen molar-refractivity contribution in [2.24, 2.45) is 0 Å². The molecule has 2 fully saturated rings. The Kier molecular flexibility index (Phi) is 9.34. The van der Waals surface area contributed by atoms with Crippen LogP contribution in [0.5, 0.6) is 0 Å². The molecule has 3 aromatic rings. The van der Waals surface area contributed by atoms with Crippen LogP contribution in [0.15, 0.2) is 42.6 Å². The molecule has 0 bridgehead atoms. The largest absolute Gasteiger partial charge is 0.416 e. The van der Waals surface area contributed by atoms with Crippen molar-refractivity contribution in [3.05, 3.63) is 71.2 Å². The fourth-order valence-corrected chi connectivity index (χ4v) is 10.6. The number of aliphatic hydroxyl groups excluding tert-OH is 2. The minimum absolute atomic E-state index is 0.00222. The molecule has 2 aromatic carbocycles. The maximum absolute atomic E-state index is 14.4. The van der Waals surface area contributed by atoms with Crippen LogP contribution < -0.4 is 0 Å². The second-order valence-corrected chi connectivity index (χ2v) is 14.7. The summed E-state index contributed by atoms with van der Waals surface area (Å²) in [5.41, 5.74) is -3.78. The van der Waals surface area contributed by atoms with Crippen molar-refractivity contribution in [1.82, 2.24) is 15.0 Å². The van der Waals surface area contributed by atoms with Crippen LogP contribution >= 0.6 is 10.9 Å². The molecule has 0 spiro atoms. The molecular weight excluding hydrogens is 628 g/mol. The molecule has 0 aliphatic carbocycles. The van der Waals surface area contributed by atoms with Gasteiger partial charge in [-0.2, -0.15) is 13.2 Å². The van der Waals surface area contributed by atoms with Gasteiger partial charge in [-0.15, -0.1) is 5.10 Å². The standard InChI is InChI=1S/C30H35F6N3O5S/c1-28(2)15-29(42,8-9-44-28)27(17-6-4-5-7-18(17)30(34,35)36)45-14-22(43-3)25(26(41)23(45)13-40)39-12-21(37-38-39)16-10-19(31)24(33)20(32)11-16/h4-7,10-12,22-23,25-27,40-42,45H,8-9,13-15H2,1-3H3/t22-,23+,25+,26-,27+,29+/m0/s1. The van der Waals surface area contributed by atoms with Crippen molar-refractivity contribution < 1.29 is 51.1 Å². The predicted octanol–water partition coefficient (Wildman–Crippen LogP) is 4.74.